The molecule has 2 fully saturated rings. The molecule has 0 aliphatic carbocycles. The van der Waals surface area contributed by atoms with Crippen LogP contribution in [0.5, 0.6) is 0 Å². The highest BCUT2D eigenvalue weighted by atomic mass is 16.8. The molecule has 1 aromatic rings. The lowest BCUT2D eigenvalue weighted by Crippen LogP contribution is -2.41. The van der Waals surface area contributed by atoms with Crippen LogP contribution in [0.3, 0.4) is 0 Å². The number of alkyl carbamates (subject to hydrolysis) is 1. The maximum Gasteiger partial charge on any atom is 0.407 e. The van der Waals surface area contributed by atoms with Gasteiger partial charge in [0.1, 0.15) is 25.1 Å². The number of benzene rings is 1. The SMILES string of the molecule is CO[C@@H]1O[C@H](C[C@H](CC=O)NC(=O)OCc2ccccc2)C2OC(C)(C)OC21. The zero-order valence-corrected chi connectivity index (χ0v) is 16.3. The highest BCUT2D eigenvalue weighted by Crippen LogP contribution is 2.40. The van der Waals surface area contributed by atoms with Gasteiger partial charge in [-0.15, -0.1) is 0 Å². The number of hydrogen-bond acceptors (Lipinski definition) is 7. The Morgan fingerprint density at radius 3 is 2.64 bits per heavy atom. The maximum atomic E-state index is 12.2. The minimum Gasteiger partial charge on any atom is -0.445 e. The van der Waals surface area contributed by atoms with Crippen LogP contribution in [0, 0.1) is 0 Å². The summed E-state index contributed by atoms with van der Waals surface area (Å²) in [6.07, 6.45) is -0.937. The Morgan fingerprint density at radius 2 is 1.96 bits per heavy atom. The average Bonchev–Trinajstić information content (AvgIpc) is 3.14. The number of carbonyl (C=O) groups excluding carboxylic acids is 2. The van der Waals surface area contributed by atoms with Gasteiger partial charge in [-0.3, -0.25) is 0 Å². The van der Waals surface area contributed by atoms with Crippen LogP contribution in [0.25, 0.3) is 0 Å². The number of rotatable bonds is 8. The summed E-state index contributed by atoms with van der Waals surface area (Å²) < 4.78 is 28.3. The average molecular weight is 393 g/mol. The van der Waals surface area contributed by atoms with Crippen molar-refractivity contribution in [3.8, 4) is 0 Å². The lowest BCUT2D eigenvalue weighted by Gasteiger charge is -2.25. The number of carbonyl (C=O) groups is 2. The topological polar surface area (TPSA) is 92.3 Å². The number of methoxy groups -OCH3 is 1. The van der Waals surface area contributed by atoms with Crippen molar-refractivity contribution in [2.24, 2.45) is 0 Å². The first-order valence-electron chi connectivity index (χ1n) is 9.36. The molecule has 5 atom stereocenters. The van der Waals surface area contributed by atoms with Gasteiger partial charge >= 0.3 is 6.09 Å². The highest BCUT2D eigenvalue weighted by molar-refractivity contribution is 5.68. The third kappa shape index (κ3) is 5.08. The molecule has 28 heavy (non-hydrogen) atoms. The predicted molar refractivity (Wildman–Crippen MR) is 98.3 cm³/mol. The second-order valence-corrected chi connectivity index (χ2v) is 7.38. The fourth-order valence-electron chi connectivity index (χ4n) is 3.56. The molecule has 2 heterocycles. The van der Waals surface area contributed by atoms with Gasteiger partial charge in [0.2, 0.25) is 0 Å². The fourth-order valence-corrected chi connectivity index (χ4v) is 3.56. The van der Waals surface area contributed by atoms with Crippen molar-refractivity contribution in [3.63, 3.8) is 0 Å². The first-order valence-corrected chi connectivity index (χ1v) is 9.36. The van der Waals surface area contributed by atoms with Crippen molar-refractivity contribution < 1.29 is 33.3 Å². The molecule has 1 N–H and O–H groups in total. The molecule has 8 nitrogen and oxygen atoms in total. The van der Waals surface area contributed by atoms with E-state index < -0.39 is 24.2 Å². The largest absolute Gasteiger partial charge is 0.445 e. The van der Waals surface area contributed by atoms with Crippen LogP contribution in [-0.4, -0.2) is 55.9 Å². The fraction of sp³-hybridized carbons (Fsp3) is 0.600. The molecule has 2 aliphatic heterocycles. The summed E-state index contributed by atoms with van der Waals surface area (Å²) in [5, 5.41) is 2.74. The van der Waals surface area contributed by atoms with Crippen LogP contribution < -0.4 is 5.32 Å². The van der Waals surface area contributed by atoms with E-state index in [0.717, 1.165) is 11.8 Å². The van der Waals surface area contributed by atoms with Crippen LogP contribution in [0.2, 0.25) is 0 Å². The first kappa shape index (κ1) is 20.7. The molecule has 8 heteroatoms. The van der Waals surface area contributed by atoms with Gasteiger partial charge in [0.05, 0.1) is 6.10 Å². The van der Waals surface area contributed by atoms with E-state index in [-0.39, 0.29) is 31.3 Å². The van der Waals surface area contributed by atoms with E-state index in [1.54, 1.807) is 7.11 Å². The quantitative estimate of drug-likeness (QED) is 0.677. The summed E-state index contributed by atoms with van der Waals surface area (Å²) >= 11 is 0. The molecule has 3 rings (SSSR count). The molecule has 0 aromatic heterocycles. The molecule has 1 amide bonds. The van der Waals surface area contributed by atoms with Gasteiger partial charge < -0.3 is 33.8 Å². The normalized spacial score (nSPS) is 29.1. The first-order chi connectivity index (χ1) is 13.4. The standard InChI is InChI=1S/C20H27NO7/c1-20(2)27-16-15(26-18(24-3)17(16)28-20)11-14(9-10-22)21-19(23)25-12-13-7-5-4-6-8-13/h4-8,10,14-18H,9,11-12H2,1-3H3,(H,21,23)/t14-,15+,16?,17?,18+/m0/s1. The predicted octanol–water partition coefficient (Wildman–Crippen LogP) is 2.15. The summed E-state index contributed by atoms with van der Waals surface area (Å²) in [4.78, 5) is 23.2. The van der Waals surface area contributed by atoms with E-state index in [9.17, 15) is 9.59 Å². The van der Waals surface area contributed by atoms with Crippen LogP contribution in [-0.2, 0) is 35.1 Å². The van der Waals surface area contributed by atoms with Gasteiger partial charge in [0.25, 0.3) is 0 Å². The molecule has 1 aromatic carbocycles. The number of aldehydes is 1. The van der Waals surface area contributed by atoms with E-state index in [0.29, 0.717) is 6.42 Å². The second kappa shape index (κ2) is 9.00. The Labute approximate surface area is 164 Å². The Hall–Kier alpha value is -2.00. The minimum absolute atomic E-state index is 0.138. The van der Waals surface area contributed by atoms with E-state index in [4.69, 9.17) is 23.7 Å². The minimum atomic E-state index is -0.740. The third-order valence-electron chi connectivity index (χ3n) is 4.77. The monoisotopic (exact) mass is 393 g/mol. The Bertz CT molecular complexity index is 666. The molecule has 0 radical (unpaired) electrons. The maximum absolute atomic E-state index is 12.2. The number of ether oxygens (including phenoxy) is 5. The smallest absolute Gasteiger partial charge is 0.407 e. The molecule has 0 bridgehead atoms. The van der Waals surface area contributed by atoms with Gasteiger partial charge in [-0.05, 0) is 25.8 Å². The molecule has 0 saturated carbocycles. The van der Waals surface area contributed by atoms with Gasteiger partial charge in [0.15, 0.2) is 12.1 Å². The van der Waals surface area contributed by atoms with Crippen LogP contribution in [0.4, 0.5) is 4.79 Å². The van der Waals surface area contributed by atoms with Crippen LogP contribution in [0.15, 0.2) is 30.3 Å². The second-order valence-electron chi connectivity index (χ2n) is 7.38. The summed E-state index contributed by atoms with van der Waals surface area (Å²) in [5.41, 5.74) is 0.883. The number of nitrogens with one attached hydrogen (secondary N) is 1. The summed E-state index contributed by atoms with van der Waals surface area (Å²) in [6, 6.07) is 8.92. The zero-order valence-electron chi connectivity index (χ0n) is 16.3. The summed E-state index contributed by atoms with van der Waals surface area (Å²) in [7, 11) is 1.54. The Morgan fingerprint density at radius 1 is 1.25 bits per heavy atom. The number of hydrogen-bond donors (Lipinski definition) is 1. The number of amides is 1. The molecular formula is C20H27NO7. The van der Waals surface area contributed by atoms with Gasteiger partial charge in [-0.2, -0.15) is 0 Å². The molecule has 2 aliphatic rings. The van der Waals surface area contributed by atoms with E-state index >= 15 is 0 Å². The third-order valence-corrected chi connectivity index (χ3v) is 4.77. The van der Waals surface area contributed by atoms with Crippen molar-refractivity contribution >= 4 is 12.4 Å². The van der Waals surface area contributed by atoms with Crippen molar-refractivity contribution in [2.45, 2.75) is 69.7 Å². The van der Waals surface area contributed by atoms with Gasteiger partial charge in [-0.25, -0.2) is 4.79 Å². The molecular weight excluding hydrogens is 366 g/mol. The van der Waals surface area contributed by atoms with E-state index in [2.05, 4.69) is 5.32 Å². The van der Waals surface area contributed by atoms with E-state index in [1.807, 2.05) is 44.2 Å². The van der Waals surface area contributed by atoms with Crippen molar-refractivity contribution in [3.05, 3.63) is 35.9 Å². The van der Waals surface area contributed by atoms with Gasteiger partial charge in [0, 0.05) is 19.6 Å². The summed E-state index contributed by atoms with van der Waals surface area (Å²) in [6.45, 7) is 3.82. The Kier molecular flexibility index (Phi) is 6.66. The summed E-state index contributed by atoms with van der Waals surface area (Å²) in [5.74, 6) is -0.740. The highest BCUT2D eigenvalue weighted by Gasteiger charge is 2.55. The van der Waals surface area contributed by atoms with Crippen LogP contribution >= 0.6 is 0 Å². The van der Waals surface area contributed by atoms with Crippen molar-refractivity contribution in [2.75, 3.05) is 7.11 Å². The van der Waals surface area contributed by atoms with Crippen molar-refractivity contribution in [1.29, 1.82) is 0 Å². The molecule has 154 valence electrons. The zero-order chi connectivity index (χ0) is 20.1. The van der Waals surface area contributed by atoms with E-state index in [1.165, 1.54) is 0 Å². The van der Waals surface area contributed by atoms with Gasteiger partial charge in [-0.1, -0.05) is 30.3 Å². The molecule has 2 saturated heterocycles. The molecule has 0 spiro atoms. The van der Waals surface area contributed by atoms with Crippen LogP contribution in [0.1, 0.15) is 32.3 Å². The lowest BCUT2D eigenvalue weighted by molar-refractivity contribution is -0.228. The Balaban J connectivity index is 1.56. The van der Waals surface area contributed by atoms with Crippen molar-refractivity contribution in [1.82, 2.24) is 5.32 Å². The number of fused-ring (bicyclic) bond motifs is 1. The lowest BCUT2D eigenvalue weighted by atomic mass is 10.0. The molecule has 2 unspecified atom stereocenters.